The van der Waals surface area contributed by atoms with Crippen LogP contribution < -0.4 is 11.1 Å². The molecule has 1 amide bonds. The maximum atomic E-state index is 11.3. The van der Waals surface area contributed by atoms with Gasteiger partial charge in [0.25, 0.3) is 0 Å². The Labute approximate surface area is 167 Å². The van der Waals surface area contributed by atoms with Crippen LogP contribution in [0.2, 0.25) is 0 Å². The number of ether oxygens (including phenoxy) is 1. The monoisotopic (exact) mass is 397 g/mol. The van der Waals surface area contributed by atoms with Crippen LogP contribution in [0.1, 0.15) is 32.6 Å². The Morgan fingerprint density at radius 2 is 2.19 bits per heavy atom. The molecule has 0 radical (unpaired) electrons. The van der Waals surface area contributed by atoms with Crippen LogP contribution in [0.15, 0.2) is 4.99 Å². The van der Waals surface area contributed by atoms with Crippen molar-refractivity contribution >= 4 is 23.6 Å². The number of likely N-dealkylation sites (tertiary alicyclic amines) is 1. The number of guanidine groups is 1. The molecule has 27 heavy (non-hydrogen) atoms. The molecule has 0 saturated carbocycles. The van der Waals surface area contributed by atoms with Crippen molar-refractivity contribution in [3.05, 3.63) is 0 Å². The molecule has 8 heteroatoms. The van der Waals surface area contributed by atoms with E-state index >= 15 is 0 Å². The van der Waals surface area contributed by atoms with Crippen LogP contribution in [0.3, 0.4) is 0 Å². The van der Waals surface area contributed by atoms with Crippen molar-refractivity contribution in [2.45, 2.75) is 38.1 Å². The second-order valence-corrected chi connectivity index (χ2v) is 9.03. The number of rotatable bonds is 6. The highest BCUT2D eigenvalue weighted by molar-refractivity contribution is 7.99. The molecule has 154 valence electrons. The minimum Gasteiger partial charge on any atom is -0.379 e. The van der Waals surface area contributed by atoms with Gasteiger partial charge in [-0.2, -0.15) is 11.8 Å². The van der Waals surface area contributed by atoms with E-state index < -0.39 is 0 Å². The van der Waals surface area contributed by atoms with Crippen LogP contribution in [0.4, 0.5) is 0 Å². The first-order valence-electron chi connectivity index (χ1n) is 10.3. The van der Waals surface area contributed by atoms with Crippen molar-refractivity contribution in [3.8, 4) is 0 Å². The molecule has 3 aliphatic rings. The second kappa shape index (κ2) is 9.98. The van der Waals surface area contributed by atoms with E-state index in [0.29, 0.717) is 12.3 Å². The van der Waals surface area contributed by atoms with E-state index in [1.165, 1.54) is 12.2 Å². The van der Waals surface area contributed by atoms with Crippen molar-refractivity contribution in [2.24, 2.45) is 16.6 Å². The standard InChI is InChI=1S/C19H35N5O2S/c1-2-21-18(23-6-3-4-16(13-23)12-17(20)25)22-14-19(5-11-27-15-19)24-7-9-26-10-8-24/h16H,2-15H2,1H3,(H2,20,25)(H,21,22). The molecular weight excluding hydrogens is 362 g/mol. The zero-order valence-electron chi connectivity index (χ0n) is 16.6. The molecule has 2 unspecified atom stereocenters. The molecule has 3 saturated heterocycles. The summed E-state index contributed by atoms with van der Waals surface area (Å²) in [7, 11) is 0. The number of nitrogens with one attached hydrogen (secondary N) is 1. The molecule has 3 N–H and O–H groups in total. The summed E-state index contributed by atoms with van der Waals surface area (Å²) in [5.74, 6) is 3.51. The van der Waals surface area contributed by atoms with Gasteiger partial charge in [0.1, 0.15) is 0 Å². The third-order valence-corrected chi connectivity index (χ3v) is 7.17. The first-order chi connectivity index (χ1) is 13.1. The summed E-state index contributed by atoms with van der Waals surface area (Å²) in [6.45, 7) is 9.36. The lowest BCUT2D eigenvalue weighted by molar-refractivity contribution is -0.119. The number of nitrogens with two attached hydrogens (primary N) is 1. The Kier molecular flexibility index (Phi) is 7.66. The summed E-state index contributed by atoms with van der Waals surface area (Å²) in [4.78, 5) is 21.4. The molecule has 0 aromatic carbocycles. The first kappa shape index (κ1) is 20.7. The molecule has 0 aliphatic carbocycles. The molecule has 3 heterocycles. The topological polar surface area (TPSA) is 83.2 Å². The fraction of sp³-hybridized carbons (Fsp3) is 0.895. The molecule has 0 bridgehead atoms. The van der Waals surface area contributed by atoms with Gasteiger partial charge < -0.3 is 20.7 Å². The fourth-order valence-corrected chi connectivity index (χ4v) is 5.93. The predicted molar refractivity (Wildman–Crippen MR) is 111 cm³/mol. The predicted octanol–water partition coefficient (Wildman–Crippen LogP) is 0.747. The third kappa shape index (κ3) is 5.51. The molecule has 0 spiro atoms. The largest absolute Gasteiger partial charge is 0.379 e. The molecule has 7 nitrogen and oxygen atoms in total. The van der Waals surface area contributed by atoms with E-state index in [1.54, 1.807) is 0 Å². The van der Waals surface area contributed by atoms with Gasteiger partial charge in [-0.05, 0) is 37.9 Å². The summed E-state index contributed by atoms with van der Waals surface area (Å²) in [5.41, 5.74) is 5.59. The Morgan fingerprint density at radius 1 is 1.37 bits per heavy atom. The molecule has 2 atom stereocenters. The summed E-state index contributed by atoms with van der Waals surface area (Å²) in [5, 5.41) is 3.48. The zero-order valence-corrected chi connectivity index (χ0v) is 17.4. The molecule has 0 aromatic heterocycles. The van der Waals surface area contributed by atoms with Gasteiger partial charge in [0.2, 0.25) is 5.91 Å². The molecule has 3 fully saturated rings. The minimum absolute atomic E-state index is 0.164. The summed E-state index contributed by atoms with van der Waals surface area (Å²) in [6, 6.07) is 0. The van der Waals surface area contributed by atoms with Gasteiger partial charge >= 0.3 is 0 Å². The quantitative estimate of drug-likeness (QED) is 0.508. The van der Waals surface area contributed by atoms with E-state index in [0.717, 1.165) is 77.0 Å². The van der Waals surface area contributed by atoms with Gasteiger partial charge in [0.05, 0.1) is 25.3 Å². The number of carbonyl (C=O) groups excluding carboxylic acids is 1. The number of nitrogens with zero attached hydrogens (tertiary/aromatic N) is 3. The van der Waals surface area contributed by atoms with Crippen LogP contribution in [0.25, 0.3) is 0 Å². The van der Waals surface area contributed by atoms with Crippen molar-refractivity contribution < 1.29 is 9.53 Å². The van der Waals surface area contributed by atoms with E-state index in [1.807, 2.05) is 11.8 Å². The molecule has 0 aromatic rings. The number of thioether (sulfide) groups is 1. The third-order valence-electron chi connectivity index (χ3n) is 5.93. The summed E-state index contributed by atoms with van der Waals surface area (Å²) >= 11 is 2.05. The molecule has 3 aliphatic heterocycles. The number of primary amides is 1. The van der Waals surface area contributed by atoms with Gasteiger partial charge in [-0.15, -0.1) is 0 Å². The Hall–Kier alpha value is -0.990. The highest BCUT2D eigenvalue weighted by atomic mass is 32.2. The average molecular weight is 398 g/mol. The summed E-state index contributed by atoms with van der Waals surface area (Å²) in [6.07, 6.45) is 3.84. The number of carbonyl (C=O) groups is 1. The van der Waals surface area contributed by atoms with Gasteiger partial charge in [-0.3, -0.25) is 14.7 Å². The number of amides is 1. The minimum atomic E-state index is -0.196. The van der Waals surface area contributed by atoms with E-state index in [-0.39, 0.29) is 11.4 Å². The van der Waals surface area contributed by atoms with E-state index in [9.17, 15) is 4.79 Å². The Morgan fingerprint density at radius 3 is 2.85 bits per heavy atom. The Balaban J connectivity index is 1.69. The number of hydrogen-bond acceptors (Lipinski definition) is 5. The lowest BCUT2D eigenvalue weighted by atomic mass is 9.94. The van der Waals surface area contributed by atoms with Crippen LogP contribution in [0, 0.1) is 5.92 Å². The Bertz CT molecular complexity index is 518. The highest BCUT2D eigenvalue weighted by Gasteiger charge is 2.40. The van der Waals surface area contributed by atoms with Crippen LogP contribution in [0.5, 0.6) is 0 Å². The lowest BCUT2D eigenvalue weighted by Crippen LogP contribution is -2.56. The zero-order chi connectivity index (χ0) is 19.1. The smallest absolute Gasteiger partial charge is 0.217 e. The molecule has 3 rings (SSSR count). The van der Waals surface area contributed by atoms with Gasteiger partial charge in [0.15, 0.2) is 5.96 Å². The van der Waals surface area contributed by atoms with Crippen LogP contribution >= 0.6 is 11.8 Å². The van der Waals surface area contributed by atoms with Gasteiger partial charge in [0, 0.05) is 44.9 Å². The van der Waals surface area contributed by atoms with Crippen molar-refractivity contribution in [3.63, 3.8) is 0 Å². The maximum Gasteiger partial charge on any atom is 0.217 e. The number of hydrogen-bond donors (Lipinski definition) is 2. The fourth-order valence-electron chi connectivity index (χ4n) is 4.46. The first-order valence-corrected chi connectivity index (χ1v) is 11.5. The maximum absolute atomic E-state index is 11.3. The van der Waals surface area contributed by atoms with Crippen LogP contribution in [-0.2, 0) is 9.53 Å². The lowest BCUT2D eigenvalue weighted by Gasteiger charge is -2.42. The van der Waals surface area contributed by atoms with Crippen LogP contribution in [-0.4, -0.2) is 91.2 Å². The van der Waals surface area contributed by atoms with E-state index in [2.05, 4.69) is 22.0 Å². The highest BCUT2D eigenvalue weighted by Crippen LogP contribution is 2.34. The SMILES string of the molecule is CCNC(=NCC1(N2CCOCC2)CCSC1)N1CCCC(CC(N)=O)C1. The average Bonchev–Trinajstić information content (AvgIpc) is 3.16. The second-order valence-electron chi connectivity index (χ2n) is 7.92. The van der Waals surface area contributed by atoms with Gasteiger partial charge in [-0.1, -0.05) is 0 Å². The number of aliphatic imine (C=N–C) groups is 1. The van der Waals surface area contributed by atoms with Crippen molar-refractivity contribution in [1.29, 1.82) is 0 Å². The van der Waals surface area contributed by atoms with E-state index in [4.69, 9.17) is 15.5 Å². The number of piperidine rings is 1. The van der Waals surface area contributed by atoms with Crippen molar-refractivity contribution in [2.75, 3.05) is 64.0 Å². The number of morpholine rings is 1. The normalized spacial score (nSPS) is 30.5. The summed E-state index contributed by atoms with van der Waals surface area (Å²) < 4.78 is 5.56. The van der Waals surface area contributed by atoms with Gasteiger partial charge in [-0.25, -0.2) is 0 Å². The van der Waals surface area contributed by atoms with Crippen molar-refractivity contribution in [1.82, 2.24) is 15.1 Å². The molecular formula is C19H35N5O2S.